The van der Waals surface area contributed by atoms with Crippen molar-refractivity contribution in [3.05, 3.63) is 16.7 Å². The maximum atomic E-state index is 12.2. The highest BCUT2D eigenvalue weighted by Crippen LogP contribution is 2.60. The van der Waals surface area contributed by atoms with Gasteiger partial charge in [0.05, 0.1) is 37.8 Å². The number of ether oxygens (including phenoxy) is 1. The number of aliphatic hydroxyl groups excluding tert-OH is 4. The summed E-state index contributed by atoms with van der Waals surface area (Å²) >= 11 is 0. The minimum Gasteiger partial charge on any atom is -0.389 e. The third kappa shape index (κ3) is 5.94. The quantitative estimate of drug-likeness (QED) is 0.133. The summed E-state index contributed by atoms with van der Waals surface area (Å²) in [6, 6.07) is -1.51. The second-order valence-corrected chi connectivity index (χ2v) is 11.5. The average molecular weight is 572 g/mol. The molecule has 0 amide bonds. The molecule has 2 aromatic rings. The molecule has 4 heterocycles. The van der Waals surface area contributed by atoms with Crippen LogP contribution in [0.25, 0.3) is 11.2 Å². The number of hydrogen-bond acceptors (Lipinski definition) is 15. The van der Waals surface area contributed by atoms with Crippen molar-refractivity contribution in [3.63, 3.8) is 0 Å². The lowest BCUT2D eigenvalue weighted by atomic mass is 10.1. The van der Waals surface area contributed by atoms with E-state index in [1.54, 1.807) is 6.92 Å². The van der Waals surface area contributed by atoms with Crippen LogP contribution >= 0.6 is 15.6 Å². The monoisotopic (exact) mass is 572 g/mol. The second kappa shape index (κ2) is 10.4. The molecular weight excluding hydrogens is 546 g/mol. The van der Waals surface area contributed by atoms with Crippen LogP contribution in [0.15, 0.2) is 11.1 Å². The highest BCUT2D eigenvalue weighted by atomic mass is 31.3. The Bertz CT molecular complexity index is 1290. The predicted octanol–water partition coefficient (Wildman–Crippen LogP) is -3.35. The molecule has 4 rings (SSSR count). The first-order valence-electron chi connectivity index (χ1n) is 10.7. The van der Waals surface area contributed by atoms with Gasteiger partial charge in [-0.15, -0.1) is 0 Å². The molecule has 2 aromatic heterocycles. The molecule has 2 fully saturated rings. The van der Waals surface area contributed by atoms with Gasteiger partial charge in [-0.3, -0.25) is 23.4 Å². The molecule has 0 aliphatic carbocycles. The van der Waals surface area contributed by atoms with Crippen molar-refractivity contribution in [3.8, 4) is 0 Å². The van der Waals surface area contributed by atoms with Crippen molar-refractivity contribution >= 4 is 32.8 Å². The van der Waals surface area contributed by atoms with E-state index in [4.69, 9.17) is 10.5 Å². The Kier molecular flexibility index (Phi) is 7.91. The summed E-state index contributed by atoms with van der Waals surface area (Å²) in [5.41, 5.74) is 4.67. The fourth-order valence-corrected chi connectivity index (χ4v) is 6.07. The number of rotatable bonds is 9. The van der Waals surface area contributed by atoms with Crippen molar-refractivity contribution in [2.75, 3.05) is 18.9 Å². The Morgan fingerprint density at radius 2 is 1.73 bits per heavy atom. The number of aliphatic hydroxyl groups is 4. The van der Waals surface area contributed by atoms with Gasteiger partial charge in [0, 0.05) is 6.04 Å². The van der Waals surface area contributed by atoms with E-state index >= 15 is 0 Å². The summed E-state index contributed by atoms with van der Waals surface area (Å²) in [5.74, 6) is -0.245. The van der Waals surface area contributed by atoms with Gasteiger partial charge in [0.1, 0.15) is 18.3 Å². The van der Waals surface area contributed by atoms with Crippen molar-refractivity contribution < 1.29 is 57.4 Å². The van der Waals surface area contributed by atoms with Gasteiger partial charge in [-0.2, -0.15) is 9.29 Å². The summed E-state index contributed by atoms with van der Waals surface area (Å²) in [6.07, 6.45) is -7.51. The summed E-state index contributed by atoms with van der Waals surface area (Å²) in [5, 5.41) is 43.0. The van der Waals surface area contributed by atoms with E-state index < -0.39 is 83.2 Å². The van der Waals surface area contributed by atoms with Gasteiger partial charge in [0.15, 0.2) is 17.4 Å². The second-order valence-electron chi connectivity index (χ2n) is 8.47. The van der Waals surface area contributed by atoms with E-state index in [-0.39, 0.29) is 17.1 Å². The van der Waals surface area contributed by atoms with Gasteiger partial charge in [0.25, 0.3) is 5.56 Å². The van der Waals surface area contributed by atoms with Gasteiger partial charge in [-0.1, -0.05) is 0 Å². The number of nitrogens with one attached hydrogen (secondary N) is 2. The topological polar surface area (TPSA) is 294 Å². The maximum absolute atomic E-state index is 12.2. The van der Waals surface area contributed by atoms with Gasteiger partial charge in [-0.05, 0) is 6.92 Å². The number of anilines is 1. The number of nitrogens with two attached hydrogens (primary N) is 1. The summed E-state index contributed by atoms with van der Waals surface area (Å²) in [7, 11) is -10.5. The molecule has 10 N–H and O–H groups in total. The number of nitrogens with zero attached hydrogens (tertiary/aromatic N) is 3. The minimum atomic E-state index is -5.28. The van der Waals surface area contributed by atoms with E-state index in [1.807, 2.05) is 0 Å². The average Bonchev–Trinajstić information content (AvgIpc) is 3.41. The lowest BCUT2D eigenvalue weighted by Crippen LogP contribution is -2.37. The number of nitrogen functional groups attached to an aromatic ring is 1. The number of phosphoric ester groups is 2. The maximum Gasteiger partial charge on any atom is 0.481 e. The van der Waals surface area contributed by atoms with Crippen molar-refractivity contribution in [2.24, 2.45) is 0 Å². The molecule has 0 saturated carbocycles. The standard InChI is InChI=1S/C16H26N6O13P2/c1-5-9(23)10(24)6(19-5)2-32-36(28,29)35-37(30,31)33-3-7-11(25)12(26)15(34-7)22-4-18-8-13(22)20-16(17)21-14(8)27/h4-7,9-12,15,19,23-26H,2-3H2,1H3,(H,28,29)(H,30,31)(H3,17,20,21,27)/t5-,6+,7+,9+,10+,11+,12+,15+/m0/s1. The predicted molar refractivity (Wildman–Crippen MR) is 120 cm³/mol. The highest BCUT2D eigenvalue weighted by molar-refractivity contribution is 7.61. The Labute approximate surface area is 207 Å². The molecule has 19 nitrogen and oxygen atoms in total. The van der Waals surface area contributed by atoms with Gasteiger partial charge >= 0.3 is 15.6 Å². The third-order valence-corrected chi connectivity index (χ3v) is 8.44. The Morgan fingerprint density at radius 3 is 2.35 bits per heavy atom. The molecule has 0 aromatic carbocycles. The molecule has 2 unspecified atom stereocenters. The third-order valence-electron chi connectivity index (χ3n) is 5.84. The molecule has 2 aliphatic heterocycles. The number of aromatic nitrogens is 4. The largest absolute Gasteiger partial charge is 0.481 e. The minimum absolute atomic E-state index is 0.0719. The van der Waals surface area contributed by atoms with Crippen LogP contribution < -0.4 is 16.6 Å². The molecule has 2 aliphatic rings. The van der Waals surface area contributed by atoms with Crippen LogP contribution in [-0.2, 0) is 27.2 Å². The molecule has 0 spiro atoms. The summed E-state index contributed by atoms with van der Waals surface area (Å²) < 4.78 is 44.4. The van der Waals surface area contributed by atoms with Gasteiger partial charge < -0.3 is 46.0 Å². The van der Waals surface area contributed by atoms with Gasteiger partial charge in [-0.25, -0.2) is 14.1 Å². The number of H-pyrrole nitrogens is 1. The molecular formula is C16H26N6O13P2. The van der Waals surface area contributed by atoms with Gasteiger partial charge in [0.2, 0.25) is 5.95 Å². The van der Waals surface area contributed by atoms with Crippen LogP contribution in [0.2, 0.25) is 0 Å². The first-order valence-corrected chi connectivity index (χ1v) is 13.7. The van der Waals surface area contributed by atoms with Crippen LogP contribution in [0.5, 0.6) is 0 Å². The molecule has 37 heavy (non-hydrogen) atoms. The molecule has 208 valence electrons. The zero-order valence-corrected chi connectivity index (χ0v) is 20.8. The smallest absolute Gasteiger partial charge is 0.389 e. The zero-order chi connectivity index (χ0) is 27.3. The van der Waals surface area contributed by atoms with Crippen LogP contribution in [0.3, 0.4) is 0 Å². The van der Waals surface area contributed by atoms with Crippen LogP contribution in [0, 0.1) is 0 Å². The molecule has 21 heteroatoms. The van der Waals surface area contributed by atoms with Crippen molar-refractivity contribution in [2.45, 2.75) is 55.8 Å². The van der Waals surface area contributed by atoms with E-state index in [1.165, 1.54) is 0 Å². The number of aromatic amines is 1. The van der Waals surface area contributed by atoms with E-state index in [2.05, 4.69) is 33.6 Å². The van der Waals surface area contributed by atoms with E-state index in [9.17, 15) is 44.1 Å². The normalized spacial score (nSPS) is 35.5. The van der Waals surface area contributed by atoms with Crippen LogP contribution in [0.4, 0.5) is 5.95 Å². The number of phosphoric acid groups is 2. The van der Waals surface area contributed by atoms with E-state index in [0.717, 1.165) is 10.9 Å². The molecule has 0 bridgehead atoms. The highest BCUT2D eigenvalue weighted by Gasteiger charge is 2.47. The lowest BCUT2D eigenvalue weighted by molar-refractivity contribution is -0.0504. The molecule has 0 radical (unpaired) electrons. The Hall–Kier alpha value is -1.83. The number of hydrogen-bond donors (Lipinski definition) is 9. The van der Waals surface area contributed by atoms with E-state index in [0.29, 0.717) is 0 Å². The SMILES string of the molecule is C[C@@H]1N[C@H](COP(=O)(O)OP(=O)(O)OC[C@H]2O[C@@H](n3cnc4c(=O)[nH]c(N)nc43)[C@H](O)[C@@H]2O)[C@@H](O)[C@@H]1O. The zero-order valence-electron chi connectivity index (χ0n) is 19.0. The summed E-state index contributed by atoms with van der Waals surface area (Å²) in [6.45, 7) is 0.00737. The van der Waals surface area contributed by atoms with Crippen molar-refractivity contribution in [1.82, 2.24) is 24.8 Å². The fraction of sp³-hybridized carbons (Fsp3) is 0.688. The first kappa shape index (κ1) is 28.2. The summed E-state index contributed by atoms with van der Waals surface area (Å²) in [4.78, 5) is 41.6. The van der Waals surface area contributed by atoms with Crippen molar-refractivity contribution in [1.29, 1.82) is 0 Å². The fourth-order valence-electron chi connectivity index (χ4n) is 3.96. The Balaban J connectivity index is 1.36. The van der Waals surface area contributed by atoms with Crippen LogP contribution in [-0.4, -0.2) is 106 Å². The van der Waals surface area contributed by atoms with Crippen LogP contribution in [0.1, 0.15) is 13.2 Å². The number of fused-ring (bicyclic) bond motifs is 1. The number of imidazole rings is 1. The lowest BCUT2D eigenvalue weighted by Gasteiger charge is -2.21. The first-order chi connectivity index (χ1) is 17.2. The molecule has 2 saturated heterocycles. The Morgan fingerprint density at radius 1 is 1.08 bits per heavy atom. The molecule has 10 atom stereocenters.